The number of esters is 1. The Labute approximate surface area is 233 Å². The van der Waals surface area contributed by atoms with Crippen LogP contribution in [-0.2, 0) is 16.0 Å². The summed E-state index contributed by atoms with van der Waals surface area (Å²) in [6.45, 7) is -0.974. The first-order chi connectivity index (χ1) is 18.3. The number of nitrogens with zero attached hydrogens (tertiary/aromatic N) is 2. The lowest BCUT2D eigenvalue weighted by Gasteiger charge is -2.26. The molecular formula is C26H28Cl2F2N2O5S. The van der Waals surface area contributed by atoms with Gasteiger partial charge in [-0.25, -0.2) is 4.79 Å². The van der Waals surface area contributed by atoms with E-state index in [-0.39, 0.29) is 28.0 Å². The van der Waals surface area contributed by atoms with Crippen LogP contribution in [0.3, 0.4) is 0 Å². The first-order valence-electron chi connectivity index (χ1n) is 12.6. The highest BCUT2D eigenvalue weighted by atomic mass is 35.5. The summed E-state index contributed by atoms with van der Waals surface area (Å²) in [5, 5.41) is 11.6. The van der Waals surface area contributed by atoms with E-state index in [1.54, 1.807) is 12.1 Å². The van der Waals surface area contributed by atoms with Gasteiger partial charge in [0, 0.05) is 30.8 Å². The van der Waals surface area contributed by atoms with E-state index in [4.69, 9.17) is 32.7 Å². The van der Waals surface area contributed by atoms with Crippen LogP contribution >= 0.6 is 35.0 Å². The van der Waals surface area contributed by atoms with Crippen LogP contribution in [-0.4, -0.2) is 48.3 Å². The Hall–Kier alpha value is -2.01. The zero-order valence-corrected chi connectivity index (χ0v) is 22.8. The van der Waals surface area contributed by atoms with Gasteiger partial charge in [0.1, 0.15) is 16.1 Å². The van der Waals surface area contributed by atoms with Crippen molar-refractivity contribution in [1.82, 2.24) is 4.90 Å². The van der Waals surface area contributed by atoms with Crippen molar-refractivity contribution in [2.24, 2.45) is 11.8 Å². The van der Waals surface area contributed by atoms with Crippen molar-refractivity contribution < 1.29 is 32.5 Å². The standard InChI is InChI=1S/C26H28Cl2F2N2O5S/c27-19-12-32(34)13-20(28)18(19)10-22(36-25(33)24-31(7-8-38-24)11-15-1-2-15)17-5-6-21(37-26(29)30)23(9-17)35-14-16-3-4-16/h5-6,9,12-13,15-16,22,24,26H,1-4,7-8,10-11,14H2/t22-,24-/m0/s1. The van der Waals surface area contributed by atoms with Gasteiger partial charge in [-0.1, -0.05) is 29.3 Å². The first kappa shape index (κ1) is 27.6. The van der Waals surface area contributed by atoms with E-state index in [0.717, 1.165) is 31.7 Å². The van der Waals surface area contributed by atoms with Gasteiger partial charge < -0.3 is 19.4 Å². The summed E-state index contributed by atoms with van der Waals surface area (Å²) in [4.78, 5) is 15.6. The van der Waals surface area contributed by atoms with E-state index >= 15 is 0 Å². The number of hydrogen-bond donors (Lipinski definition) is 0. The van der Waals surface area contributed by atoms with E-state index in [1.165, 1.54) is 43.1 Å². The lowest BCUT2D eigenvalue weighted by atomic mass is 10.0. The summed E-state index contributed by atoms with van der Waals surface area (Å²) < 4.78 is 43.1. The zero-order valence-electron chi connectivity index (χ0n) is 20.5. The molecule has 5 rings (SSSR count). The second-order valence-electron chi connectivity index (χ2n) is 9.92. The fraction of sp³-hybridized carbons (Fsp3) is 0.538. The van der Waals surface area contributed by atoms with Crippen molar-refractivity contribution in [3.05, 3.63) is 57.0 Å². The predicted octanol–water partition coefficient (Wildman–Crippen LogP) is 5.63. The van der Waals surface area contributed by atoms with Crippen molar-refractivity contribution in [3.63, 3.8) is 0 Å². The van der Waals surface area contributed by atoms with Gasteiger partial charge in [0.2, 0.25) is 0 Å². The molecule has 1 saturated heterocycles. The molecule has 0 radical (unpaired) electrons. The van der Waals surface area contributed by atoms with Gasteiger partial charge in [-0.3, -0.25) is 4.90 Å². The molecule has 2 atom stereocenters. The van der Waals surface area contributed by atoms with E-state index in [2.05, 4.69) is 9.64 Å². The minimum atomic E-state index is -3.02. The molecule has 0 bridgehead atoms. The van der Waals surface area contributed by atoms with Gasteiger partial charge in [-0.15, -0.1) is 11.8 Å². The van der Waals surface area contributed by atoms with E-state index in [0.29, 0.717) is 34.3 Å². The Bertz CT molecular complexity index is 1150. The van der Waals surface area contributed by atoms with Crippen LogP contribution in [0.1, 0.15) is 42.9 Å². The number of carbonyl (C=O) groups is 1. The van der Waals surface area contributed by atoms with Gasteiger partial charge in [0.05, 0.1) is 6.61 Å². The molecule has 2 heterocycles. The largest absolute Gasteiger partial charge is 0.619 e. The van der Waals surface area contributed by atoms with Gasteiger partial charge in [0.15, 0.2) is 29.3 Å². The molecule has 3 aliphatic rings. The Morgan fingerprint density at radius 3 is 2.50 bits per heavy atom. The first-order valence-corrected chi connectivity index (χ1v) is 14.4. The molecule has 12 heteroatoms. The van der Waals surface area contributed by atoms with Crippen LogP contribution in [0.5, 0.6) is 11.5 Å². The third kappa shape index (κ3) is 7.14. The third-order valence-electron chi connectivity index (χ3n) is 6.81. The molecule has 1 aliphatic heterocycles. The molecular weight excluding hydrogens is 561 g/mol. The lowest BCUT2D eigenvalue weighted by Crippen LogP contribution is -2.38. The Morgan fingerprint density at radius 2 is 1.84 bits per heavy atom. The van der Waals surface area contributed by atoms with Gasteiger partial charge >= 0.3 is 12.6 Å². The molecule has 3 fully saturated rings. The summed E-state index contributed by atoms with van der Waals surface area (Å²) in [5.74, 6) is 1.48. The van der Waals surface area contributed by atoms with Gasteiger partial charge in [-0.2, -0.15) is 13.5 Å². The molecule has 0 N–H and O–H groups in total. The predicted molar refractivity (Wildman–Crippen MR) is 140 cm³/mol. The SMILES string of the molecule is O=C(O[C@@H](Cc1c(Cl)c[n+]([O-])cc1Cl)c1ccc(OC(F)F)c(OCC2CC2)c1)[C@@H]1SCCN1CC1CC1. The normalized spacial score (nSPS) is 20.5. The topological polar surface area (TPSA) is 74.9 Å². The fourth-order valence-corrected chi connectivity index (χ4v) is 6.16. The molecule has 1 aromatic carbocycles. The number of hydrogen-bond acceptors (Lipinski definition) is 7. The highest BCUT2D eigenvalue weighted by molar-refractivity contribution is 8.00. The minimum Gasteiger partial charge on any atom is -0.619 e. The summed E-state index contributed by atoms with van der Waals surface area (Å²) >= 11 is 14.2. The second kappa shape index (κ2) is 12.0. The average molecular weight is 589 g/mol. The zero-order chi connectivity index (χ0) is 26.8. The number of aromatic nitrogens is 1. The molecule has 2 saturated carbocycles. The highest BCUT2D eigenvalue weighted by Crippen LogP contribution is 2.39. The number of halogens is 4. The number of thioether (sulfide) groups is 1. The Morgan fingerprint density at radius 1 is 1.13 bits per heavy atom. The van der Waals surface area contributed by atoms with Crippen LogP contribution < -0.4 is 14.2 Å². The van der Waals surface area contributed by atoms with Crippen LogP contribution in [0.4, 0.5) is 8.78 Å². The molecule has 0 spiro atoms. The smallest absolute Gasteiger partial charge is 0.387 e. The molecule has 2 aliphatic carbocycles. The maximum atomic E-state index is 13.4. The van der Waals surface area contributed by atoms with Crippen LogP contribution in [0.15, 0.2) is 30.6 Å². The van der Waals surface area contributed by atoms with Gasteiger partial charge in [-0.05, 0) is 55.2 Å². The summed E-state index contributed by atoms with van der Waals surface area (Å²) in [6.07, 6.45) is 5.94. The van der Waals surface area contributed by atoms with Gasteiger partial charge in [0.25, 0.3) is 0 Å². The summed E-state index contributed by atoms with van der Waals surface area (Å²) in [6, 6.07) is 4.50. The summed E-state index contributed by atoms with van der Waals surface area (Å²) in [5.41, 5.74) is 0.939. The summed E-state index contributed by atoms with van der Waals surface area (Å²) in [7, 11) is 0. The van der Waals surface area contributed by atoms with Crippen molar-refractivity contribution in [3.8, 4) is 11.5 Å². The number of benzene rings is 1. The lowest BCUT2D eigenvalue weighted by molar-refractivity contribution is -0.605. The Balaban J connectivity index is 1.43. The van der Waals surface area contributed by atoms with Crippen LogP contribution in [0.25, 0.3) is 0 Å². The third-order valence-corrected chi connectivity index (χ3v) is 8.69. The fourth-order valence-electron chi connectivity index (χ4n) is 4.40. The molecule has 0 amide bonds. The average Bonchev–Trinajstić information content (AvgIpc) is 3.79. The van der Waals surface area contributed by atoms with E-state index < -0.39 is 24.1 Å². The maximum Gasteiger partial charge on any atom is 0.387 e. The molecule has 38 heavy (non-hydrogen) atoms. The quantitative estimate of drug-likeness (QED) is 0.181. The number of ether oxygens (including phenoxy) is 3. The second-order valence-corrected chi connectivity index (χ2v) is 11.9. The van der Waals surface area contributed by atoms with Crippen LogP contribution in [0, 0.1) is 17.0 Å². The minimum absolute atomic E-state index is 0.0708. The molecule has 206 valence electrons. The number of pyridine rings is 1. The number of carbonyl (C=O) groups excluding carboxylic acids is 1. The van der Waals surface area contributed by atoms with Crippen molar-refractivity contribution >= 4 is 40.9 Å². The molecule has 2 aromatic rings. The van der Waals surface area contributed by atoms with Crippen LogP contribution in [0.2, 0.25) is 10.0 Å². The van der Waals surface area contributed by atoms with Crippen molar-refractivity contribution in [1.29, 1.82) is 0 Å². The monoisotopic (exact) mass is 588 g/mol. The van der Waals surface area contributed by atoms with Crippen molar-refractivity contribution in [2.75, 3.05) is 25.4 Å². The van der Waals surface area contributed by atoms with Crippen molar-refractivity contribution in [2.45, 2.75) is 50.2 Å². The molecule has 0 unspecified atom stereocenters. The molecule has 7 nitrogen and oxygen atoms in total. The number of alkyl halides is 2. The van der Waals surface area contributed by atoms with E-state index in [9.17, 15) is 18.8 Å². The Kier molecular flexibility index (Phi) is 8.72. The molecule has 1 aromatic heterocycles. The van der Waals surface area contributed by atoms with E-state index in [1.807, 2.05) is 0 Å². The number of rotatable bonds is 12. The highest BCUT2D eigenvalue weighted by Gasteiger charge is 2.38. The maximum absolute atomic E-state index is 13.4.